The number of nitrogens with one attached hydrogen (secondary N) is 1. The van der Waals surface area contributed by atoms with E-state index in [1.165, 1.54) is 49.5 Å². The molecule has 0 spiro atoms. The van der Waals surface area contributed by atoms with Gasteiger partial charge in [-0.2, -0.15) is 0 Å². The lowest BCUT2D eigenvalue weighted by Crippen LogP contribution is -2.35. The van der Waals surface area contributed by atoms with Gasteiger partial charge in [0.15, 0.2) is 5.65 Å². The summed E-state index contributed by atoms with van der Waals surface area (Å²) < 4.78 is 1.30. The molecule has 1 N–H and O–H groups in total. The summed E-state index contributed by atoms with van der Waals surface area (Å²) in [7, 11) is 0. The highest BCUT2D eigenvalue weighted by molar-refractivity contribution is 5.88. The topological polar surface area (TPSA) is 80.6 Å². The summed E-state index contributed by atoms with van der Waals surface area (Å²) in [5.74, 6) is 0. The van der Waals surface area contributed by atoms with Crippen LogP contribution in [0, 0.1) is 0 Å². The van der Waals surface area contributed by atoms with E-state index < -0.39 is 5.69 Å². The number of rotatable bonds is 11. The van der Waals surface area contributed by atoms with Crippen LogP contribution < -0.4 is 11.2 Å². The van der Waals surface area contributed by atoms with Crippen molar-refractivity contribution >= 4 is 22.1 Å². The molecule has 0 amide bonds. The number of hydrogen-bond donors (Lipinski definition) is 1. The lowest BCUT2D eigenvalue weighted by molar-refractivity contribution is 0.523. The van der Waals surface area contributed by atoms with Crippen LogP contribution in [-0.4, -0.2) is 19.5 Å². The summed E-state index contributed by atoms with van der Waals surface area (Å²) in [5.41, 5.74) is 0.169. The second-order valence-corrected chi connectivity index (χ2v) is 7.50. The third-order valence-electron chi connectivity index (χ3n) is 5.27. The highest BCUT2D eigenvalue weighted by Gasteiger charge is 2.10. The largest absolute Gasteiger partial charge is 0.329 e. The minimum atomic E-state index is -0.392. The number of H-pyrrole nitrogens is 1. The normalized spacial score (nSPS) is 11.5. The molecule has 0 unspecified atom stereocenters. The van der Waals surface area contributed by atoms with E-state index in [-0.39, 0.29) is 5.56 Å². The predicted molar refractivity (Wildman–Crippen MR) is 114 cm³/mol. The number of fused-ring (bicyclic) bond motifs is 2. The molecular weight excluding hydrogens is 352 g/mol. The Hall–Kier alpha value is -2.50. The molecule has 0 atom stereocenters. The molecule has 6 nitrogen and oxygen atoms in total. The fraction of sp³-hybridized carbons (Fsp3) is 0.545. The number of pyridine rings is 2. The number of aromatic nitrogens is 4. The highest BCUT2D eigenvalue weighted by atomic mass is 16.2. The van der Waals surface area contributed by atoms with Gasteiger partial charge in [-0.05, 0) is 24.6 Å². The third kappa shape index (κ3) is 5.06. The first kappa shape index (κ1) is 20.2. The zero-order valence-corrected chi connectivity index (χ0v) is 16.7. The Kier molecular flexibility index (Phi) is 7.34. The van der Waals surface area contributed by atoms with Crippen LogP contribution in [0.25, 0.3) is 22.1 Å². The van der Waals surface area contributed by atoms with Crippen molar-refractivity contribution in [3.8, 4) is 0 Å². The Morgan fingerprint density at radius 3 is 2.36 bits per heavy atom. The molecule has 0 aliphatic heterocycles. The zero-order valence-electron chi connectivity index (χ0n) is 16.7. The van der Waals surface area contributed by atoms with Crippen molar-refractivity contribution < 1.29 is 0 Å². The van der Waals surface area contributed by atoms with Crippen molar-refractivity contribution in [2.45, 2.75) is 77.7 Å². The maximum Gasteiger partial charge on any atom is 0.329 e. The lowest BCUT2D eigenvalue weighted by Gasteiger charge is -2.07. The van der Waals surface area contributed by atoms with E-state index >= 15 is 0 Å². The fourth-order valence-electron chi connectivity index (χ4n) is 3.63. The second-order valence-electron chi connectivity index (χ2n) is 7.50. The van der Waals surface area contributed by atoms with Gasteiger partial charge in [0, 0.05) is 18.1 Å². The van der Waals surface area contributed by atoms with E-state index in [2.05, 4.69) is 21.9 Å². The molecule has 3 aromatic rings. The first-order chi connectivity index (χ1) is 13.7. The Morgan fingerprint density at radius 1 is 0.964 bits per heavy atom. The molecule has 0 aliphatic carbocycles. The van der Waals surface area contributed by atoms with Crippen LogP contribution in [0.2, 0.25) is 0 Å². The summed E-state index contributed by atoms with van der Waals surface area (Å²) in [6, 6.07) is 5.44. The quantitative estimate of drug-likeness (QED) is 0.389. The monoisotopic (exact) mass is 382 g/mol. The number of unbranched alkanes of at least 4 members (excludes halogenated alkanes) is 9. The van der Waals surface area contributed by atoms with E-state index in [0.717, 1.165) is 24.6 Å². The van der Waals surface area contributed by atoms with E-state index in [9.17, 15) is 9.59 Å². The number of hydrogen-bond acceptors (Lipinski definition) is 4. The van der Waals surface area contributed by atoms with Crippen molar-refractivity contribution in [2.24, 2.45) is 0 Å². The molecule has 0 aliphatic rings. The Morgan fingerprint density at radius 2 is 1.64 bits per heavy atom. The minimum Gasteiger partial charge on any atom is -0.291 e. The molecule has 0 fully saturated rings. The van der Waals surface area contributed by atoms with E-state index in [1.807, 2.05) is 12.1 Å². The summed E-state index contributed by atoms with van der Waals surface area (Å²) in [6.07, 6.45) is 13.8. The van der Waals surface area contributed by atoms with Crippen molar-refractivity contribution in [1.82, 2.24) is 19.5 Å². The van der Waals surface area contributed by atoms with Crippen LogP contribution in [0.1, 0.15) is 71.1 Å². The van der Waals surface area contributed by atoms with Gasteiger partial charge in [-0.3, -0.25) is 14.3 Å². The van der Waals surface area contributed by atoms with Crippen molar-refractivity contribution in [3.05, 3.63) is 45.2 Å². The van der Waals surface area contributed by atoms with Crippen LogP contribution in [0.4, 0.5) is 0 Å². The summed E-state index contributed by atoms with van der Waals surface area (Å²) in [5, 5.41) is 1.23. The highest BCUT2D eigenvalue weighted by Crippen LogP contribution is 2.13. The van der Waals surface area contributed by atoms with Gasteiger partial charge < -0.3 is 0 Å². The standard InChI is InChI=1S/C22H30N4O2/c1-2-3-4-5-6-7-8-9-10-11-15-26-21(27)18-16-17-13-12-14-23-19(17)24-20(18)25-22(26)28/h12-14,16H,2-11,15H2,1H3,(H,23,24,25,28). The molecular formula is C22H30N4O2. The second kappa shape index (κ2) is 10.2. The fourth-order valence-corrected chi connectivity index (χ4v) is 3.63. The summed E-state index contributed by atoms with van der Waals surface area (Å²) in [4.78, 5) is 36.3. The predicted octanol–water partition coefficient (Wildman–Crippen LogP) is 4.55. The van der Waals surface area contributed by atoms with Gasteiger partial charge >= 0.3 is 5.69 Å². The van der Waals surface area contributed by atoms with Crippen LogP contribution in [-0.2, 0) is 6.54 Å². The van der Waals surface area contributed by atoms with Gasteiger partial charge in [-0.1, -0.05) is 64.7 Å². The first-order valence-electron chi connectivity index (χ1n) is 10.6. The lowest BCUT2D eigenvalue weighted by atomic mass is 10.1. The van der Waals surface area contributed by atoms with Gasteiger partial charge in [0.2, 0.25) is 0 Å². The molecule has 6 heteroatoms. The van der Waals surface area contributed by atoms with Crippen LogP contribution >= 0.6 is 0 Å². The van der Waals surface area contributed by atoms with Gasteiger partial charge in [0.1, 0.15) is 5.65 Å². The number of nitrogens with zero attached hydrogens (tertiary/aromatic N) is 3. The molecule has 3 aromatic heterocycles. The maximum atomic E-state index is 12.8. The SMILES string of the molecule is CCCCCCCCCCCCn1c(=O)[nH]c2nc3ncccc3cc2c1=O. The molecule has 3 heterocycles. The Labute approximate surface area is 165 Å². The van der Waals surface area contributed by atoms with E-state index in [4.69, 9.17) is 0 Å². The molecule has 28 heavy (non-hydrogen) atoms. The van der Waals surface area contributed by atoms with Gasteiger partial charge in [-0.25, -0.2) is 14.8 Å². The van der Waals surface area contributed by atoms with Crippen LogP contribution in [0.5, 0.6) is 0 Å². The summed E-state index contributed by atoms with van der Waals surface area (Å²) in [6.45, 7) is 2.69. The average molecular weight is 383 g/mol. The molecule has 150 valence electrons. The average Bonchev–Trinajstić information content (AvgIpc) is 2.70. The molecule has 0 saturated carbocycles. The van der Waals surface area contributed by atoms with Crippen molar-refractivity contribution in [3.63, 3.8) is 0 Å². The van der Waals surface area contributed by atoms with E-state index in [0.29, 0.717) is 23.2 Å². The molecule has 3 rings (SSSR count). The number of aromatic amines is 1. The van der Waals surface area contributed by atoms with Crippen LogP contribution in [0.15, 0.2) is 34.0 Å². The van der Waals surface area contributed by atoms with Gasteiger partial charge in [0.25, 0.3) is 5.56 Å². The third-order valence-corrected chi connectivity index (χ3v) is 5.27. The zero-order chi connectivity index (χ0) is 19.8. The maximum absolute atomic E-state index is 12.8. The van der Waals surface area contributed by atoms with E-state index in [1.54, 1.807) is 12.3 Å². The molecule has 0 aromatic carbocycles. The summed E-state index contributed by atoms with van der Waals surface area (Å²) >= 11 is 0. The molecule has 0 saturated heterocycles. The molecule has 0 radical (unpaired) electrons. The van der Waals surface area contributed by atoms with Crippen molar-refractivity contribution in [1.29, 1.82) is 0 Å². The van der Waals surface area contributed by atoms with Gasteiger partial charge in [0.05, 0.1) is 5.39 Å². The first-order valence-corrected chi connectivity index (χ1v) is 10.6. The molecule has 0 bridgehead atoms. The van der Waals surface area contributed by atoms with Crippen molar-refractivity contribution in [2.75, 3.05) is 0 Å². The Bertz CT molecular complexity index is 1020. The smallest absolute Gasteiger partial charge is 0.291 e. The van der Waals surface area contributed by atoms with Gasteiger partial charge in [-0.15, -0.1) is 0 Å². The van der Waals surface area contributed by atoms with Crippen LogP contribution in [0.3, 0.4) is 0 Å². The Balaban J connectivity index is 1.56. The minimum absolute atomic E-state index is 0.270.